The molecule has 0 aliphatic carbocycles. The highest BCUT2D eigenvalue weighted by atomic mass is 32.1. The van der Waals surface area contributed by atoms with Crippen molar-refractivity contribution in [3.05, 3.63) is 35.2 Å². The normalized spacial score (nSPS) is 22.8. The van der Waals surface area contributed by atoms with Gasteiger partial charge in [0.15, 0.2) is 0 Å². The van der Waals surface area contributed by atoms with E-state index in [-0.39, 0.29) is 11.5 Å². The van der Waals surface area contributed by atoms with Crippen LogP contribution in [0.3, 0.4) is 0 Å². The lowest BCUT2D eigenvalue weighted by Gasteiger charge is -2.42. The molecule has 4 rings (SSSR count). The molecule has 1 spiro atoms. The molecule has 2 saturated heterocycles. The third kappa shape index (κ3) is 3.09. The van der Waals surface area contributed by atoms with Gasteiger partial charge in [-0.3, -0.25) is 4.79 Å². The fourth-order valence-corrected chi connectivity index (χ4v) is 5.34. The van der Waals surface area contributed by atoms with Gasteiger partial charge in [0.05, 0.1) is 11.2 Å². The summed E-state index contributed by atoms with van der Waals surface area (Å²) in [6.07, 6.45) is 4.05. The number of hydrogen-bond acceptors (Lipinski definition) is 4. The van der Waals surface area contributed by atoms with Gasteiger partial charge in [0.1, 0.15) is 0 Å². The SMILES string of the molecule is COCC[C@H]1CCOC12CCN(C(=O)c1csc3ccccc13)CC2. The number of carbonyl (C=O) groups excluding carboxylic acids is 1. The molecule has 2 aliphatic heterocycles. The Morgan fingerprint density at radius 3 is 2.96 bits per heavy atom. The van der Waals surface area contributed by atoms with Crippen molar-refractivity contribution < 1.29 is 14.3 Å². The first-order valence-corrected chi connectivity index (χ1v) is 10.00. The van der Waals surface area contributed by atoms with Gasteiger partial charge in [-0.2, -0.15) is 0 Å². The molecule has 0 N–H and O–H groups in total. The Hall–Kier alpha value is -1.43. The van der Waals surface area contributed by atoms with Gasteiger partial charge in [0, 0.05) is 48.9 Å². The zero-order valence-corrected chi connectivity index (χ0v) is 15.5. The van der Waals surface area contributed by atoms with Gasteiger partial charge in [-0.25, -0.2) is 0 Å². The second-order valence-corrected chi connectivity index (χ2v) is 8.03. The number of amides is 1. The van der Waals surface area contributed by atoms with E-state index >= 15 is 0 Å². The minimum absolute atomic E-state index is 0.0357. The number of piperidine rings is 1. The summed E-state index contributed by atoms with van der Waals surface area (Å²) in [5.74, 6) is 0.727. The van der Waals surface area contributed by atoms with Crippen LogP contribution in [0.4, 0.5) is 0 Å². The Labute approximate surface area is 152 Å². The second-order valence-electron chi connectivity index (χ2n) is 7.12. The van der Waals surface area contributed by atoms with Gasteiger partial charge in [0.25, 0.3) is 5.91 Å². The average Bonchev–Trinajstić information content (AvgIpc) is 3.24. The molecule has 0 saturated carbocycles. The minimum Gasteiger partial charge on any atom is -0.385 e. The molecular weight excluding hydrogens is 334 g/mol. The molecule has 5 heteroatoms. The fraction of sp³-hybridized carbons (Fsp3) is 0.550. The van der Waals surface area contributed by atoms with E-state index in [1.807, 2.05) is 28.5 Å². The maximum atomic E-state index is 13.0. The third-order valence-electron chi connectivity index (χ3n) is 5.88. The Kier molecular flexibility index (Phi) is 4.80. The summed E-state index contributed by atoms with van der Waals surface area (Å²) in [5, 5.41) is 3.08. The Morgan fingerprint density at radius 1 is 1.36 bits per heavy atom. The third-order valence-corrected chi connectivity index (χ3v) is 6.84. The van der Waals surface area contributed by atoms with Crippen molar-refractivity contribution in [2.45, 2.75) is 31.3 Å². The highest BCUT2D eigenvalue weighted by Gasteiger charge is 2.46. The summed E-state index contributed by atoms with van der Waals surface area (Å²) in [4.78, 5) is 15.0. The van der Waals surface area contributed by atoms with E-state index < -0.39 is 0 Å². The van der Waals surface area contributed by atoms with Gasteiger partial charge in [-0.15, -0.1) is 11.3 Å². The number of methoxy groups -OCH3 is 1. The molecule has 1 atom stereocenters. The van der Waals surface area contributed by atoms with Crippen molar-refractivity contribution in [2.24, 2.45) is 5.92 Å². The number of thiophene rings is 1. The molecule has 1 aromatic heterocycles. The van der Waals surface area contributed by atoms with Crippen LogP contribution in [0.1, 0.15) is 36.0 Å². The molecule has 2 aromatic rings. The van der Waals surface area contributed by atoms with Gasteiger partial charge in [0.2, 0.25) is 0 Å². The Bertz CT molecular complexity index is 748. The van der Waals surface area contributed by atoms with Crippen molar-refractivity contribution in [3.63, 3.8) is 0 Å². The highest BCUT2D eigenvalue weighted by Crippen LogP contribution is 2.42. The molecule has 2 aliphatic rings. The van der Waals surface area contributed by atoms with Crippen LogP contribution >= 0.6 is 11.3 Å². The number of benzene rings is 1. The first kappa shape index (κ1) is 17.0. The Balaban J connectivity index is 1.45. The van der Waals surface area contributed by atoms with Gasteiger partial charge < -0.3 is 14.4 Å². The molecule has 3 heterocycles. The summed E-state index contributed by atoms with van der Waals surface area (Å²) in [6, 6.07) is 8.15. The number of fused-ring (bicyclic) bond motifs is 1. The number of carbonyl (C=O) groups is 1. The number of ether oxygens (including phenoxy) is 2. The maximum absolute atomic E-state index is 13.0. The number of hydrogen-bond donors (Lipinski definition) is 0. The fourth-order valence-electron chi connectivity index (χ4n) is 4.41. The molecule has 134 valence electrons. The van der Waals surface area contributed by atoms with Crippen LogP contribution in [-0.2, 0) is 9.47 Å². The van der Waals surface area contributed by atoms with E-state index in [1.54, 1.807) is 18.4 Å². The topological polar surface area (TPSA) is 38.8 Å². The monoisotopic (exact) mass is 359 g/mol. The van der Waals surface area contributed by atoms with E-state index in [4.69, 9.17) is 9.47 Å². The van der Waals surface area contributed by atoms with Gasteiger partial charge in [-0.05, 0) is 37.7 Å². The molecule has 2 fully saturated rings. The molecular formula is C20H25NO3S. The van der Waals surface area contributed by atoms with E-state index in [1.165, 1.54) is 4.70 Å². The predicted octanol–water partition coefficient (Wildman–Crippen LogP) is 3.95. The number of likely N-dealkylation sites (tertiary alicyclic amines) is 1. The van der Waals surface area contributed by atoms with Gasteiger partial charge in [-0.1, -0.05) is 18.2 Å². The molecule has 0 bridgehead atoms. The standard InChI is InChI=1S/C20H25NO3S/c1-23-12-6-15-7-13-24-20(15)8-10-21(11-9-20)19(22)17-14-25-18-5-3-2-4-16(17)18/h2-5,14-15H,6-13H2,1H3/t15-/m0/s1. The lowest BCUT2D eigenvalue weighted by atomic mass is 9.78. The summed E-state index contributed by atoms with van der Waals surface area (Å²) < 4.78 is 12.6. The number of nitrogens with zero attached hydrogens (tertiary/aromatic N) is 1. The molecule has 0 unspecified atom stereocenters. The quantitative estimate of drug-likeness (QED) is 0.830. The zero-order valence-electron chi connectivity index (χ0n) is 14.7. The van der Waals surface area contributed by atoms with Crippen molar-refractivity contribution in [2.75, 3.05) is 33.4 Å². The van der Waals surface area contributed by atoms with Crippen molar-refractivity contribution in [1.29, 1.82) is 0 Å². The average molecular weight is 359 g/mol. The van der Waals surface area contributed by atoms with Crippen molar-refractivity contribution in [3.8, 4) is 0 Å². The maximum Gasteiger partial charge on any atom is 0.255 e. The van der Waals surface area contributed by atoms with Crippen LogP contribution in [0.25, 0.3) is 10.1 Å². The van der Waals surface area contributed by atoms with Crippen LogP contribution in [-0.4, -0.2) is 49.8 Å². The lowest BCUT2D eigenvalue weighted by molar-refractivity contribution is -0.0661. The Morgan fingerprint density at radius 2 is 2.16 bits per heavy atom. The zero-order chi connectivity index (χ0) is 17.3. The van der Waals surface area contributed by atoms with Crippen LogP contribution in [0.2, 0.25) is 0 Å². The first-order valence-electron chi connectivity index (χ1n) is 9.12. The van der Waals surface area contributed by atoms with Crippen LogP contribution in [0.15, 0.2) is 29.6 Å². The first-order chi connectivity index (χ1) is 12.2. The summed E-state index contributed by atoms with van der Waals surface area (Å²) >= 11 is 1.65. The largest absolute Gasteiger partial charge is 0.385 e. The smallest absolute Gasteiger partial charge is 0.255 e. The summed E-state index contributed by atoms with van der Waals surface area (Å²) in [7, 11) is 1.76. The molecule has 4 nitrogen and oxygen atoms in total. The molecule has 25 heavy (non-hydrogen) atoms. The van der Waals surface area contributed by atoms with Gasteiger partial charge >= 0.3 is 0 Å². The molecule has 1 amide bonds. The second kappa shape index (κ2) is 7.06. The van der Waals surface area contributed by atoms with Crippen LogP contribution < -0.4 is 0 Å². The van der Waals surface area contributed by atoms with E-state index in [9.17, 15) is 4.79 Å². The van der Waals surface area contributed by atoms with Crippen molar-refractivity contribution >= 4 is 27.3 Å². The van der Waals surface area contributed by atoms with E-state index in [0.717, 1.165) is 62.9 Å². The van der Waals surface area contributed by atoms with Crippen molar-refractivity contribution in [1.82, 2.24) is 4.90 Å². The predicted molar refractivity (Wildman–Crippen MR) is 100 cm³/mol. The van der Waals surface area contributed by atoms with E-state index in [0.29, 0.717) is 5.92 Å². The number of rotatable bonds is 4. The summed E-state index contributed by atoms with van der Waals surface area (Å²) in [6.45, 7) is 3.20. The summed E-state index contributed by atoms with van der Waals surface area (Å²) in [5.41, 5.74) is 0.811. The van der Waals surface area contributed by atoms with Crippen LogP contribution in [0.5, 0.6) is 0 Å². The minimum atomic E-state index is -0.0357. The van der Waals surface area contributed by atoms with Crippen LogP contribution in [0, 0.1) is 5.92 Å². The highest BCUT2D eigenvalue weighted by molar-refractivity contribution is 7.17. The lowest BCUT2D eigenvalue weighted by Crippen LogP contribution is -2.49. The molecule has 1 aromatic carbocycles. The molecule has 0 radical (unpaired) electrons. The van der Waals surface area contributed by atoms with E-state index in [2.05, 4.69) is 6.07 Å².